The highest BCUT2D eigenvalue weighted by Crippen LogP contribution is 2.21. The molecule has 0 saturated carbocycles. The van der Waals surface area contributed by atoms with Gasteiger partial charge in [-0.05, 0) is 12.8 Å². The largest absolute Gasteiger partial charge is 0.383 e. The van der Waals surface area contributed by atoms with Crippen molar-refractivity contribution in [1.82, 2.24) is 10.2 Å². The Bertz CT molecular complexity index is 216. The van der Waals surface area contributed by atoms with Crippen molar-refractivity contribution in [3.05, 3.63) is 0 Å². The van der Waals surface area contributed by atoms with E-state index >= 15 is 0 Å². The Kier molecular flexibility index (Phi) is 3.03. The summed E-state index contributed by atoms with van der Waals surface area (Å²) in [6, 6.07) is 0.327. The number of ether oxygens (including phenoxy) is 1. The van der Waals surface area contributed by atoms with Gasteiger partial charge in [-0.25, -0.2) is 0 Å². The van der Waals surface area contributed by atoms with Gasteiger partial charge in [-0.2, -0.15) is 0 Å². The second kappa shape index (κ2) is 4.28. The monoisotopic (exact) mass is 198 g/mol. The van der Waals surface area contributed by atoms with Crippen LogP contribution in [0.15, 0.2) is 0 Å². The van der Waals surface area contributed by atoms with Gasteiger partial charge in [0.2, 0.25) is 5.91 Å². The van der Waals surface area contributed by atoms with Gasteiger partial charge < -0.3 is 15.0 Å². The first-order valence-corrected chi connectivity index (χ1v) is 5.33. The topological polar surface area (TPSA) is 41.6 Å². The summed E-state index contributed by atoms with van der Waals surface area (Å²) >= 11 is 0. The zero-order valence-electron chi connectivity index (χ0n) is 8.66. The molecule has 0 aromatic rings. The molecule has 0 aromatic carbocycles. The number of nitrogens with one attached hydrogen (secondary N) is 1. The predicted molar refractivity (Wildman–Crippen MR) is 53.0 cm³/mol. The first kappa shape index (κ1) is 9.93. The van der Waals surface area contributed by atoms with Crippen LogP contribution in [-0.4, -0.2) is 50.2 Å². The van der Waals surface area contributed by atoms with E-state index in [1.165, 1.54) is 0 Å². The summed E-state index contributed by atoms with van der Waals surface area (Å²) in [5.74, 6) is 0.552. The lowest BCUT2D eigenvalue weighted by Crippen LogP contribution is -2.53. The van der Waals surface area contributed by atoms with Gasteiger partial charge in [0.1, 0.15) is 0 Å². The fraction of sp³-hybridized carbons (Fsp3) is 0.900. The van der Waals surface area contributed by atoms with E-state index in [0.29, 0.717) is 18.6 Å². The number of amides is 1. The third-order valence-corrected chi connectivity index (χ3v) is 3.15. The smallest absolute Gasteiger partial charge is 0.228 e. The summed E-state index contributed by atoms with van der Waals surface area (Å²) in [4.78, 5) is 14.0. The zero-order chi connectivity index (χ0) is 9.97. The summed E-state index contributed by atoms with van der Waals surface area (Å²) in [5.41, 5.74) is 0. The van der Waals surface area contributed by atoms with Crippen molar-refractivity contribution >= 4 is 5.91 Å². The molecule has 0 aromatic heterocycles. The lowest BCUT2D eigenvalue weighted by molar-refractivity contribution is -0.138. The molecule has 4 nitrogen and oxygen atoms in total. The van der Waals surface area contributed by atoms with E-state index in [0.717, 1.165) is 32.5 Å². The second-order valence-corrected chi connectivity index (χ2v) is 4.14. The highest BCUT2D eigenvalue weighted by molar-refractivity contribution is 5.80. The number of methoxy groups -OCH3 is 1. The van der Waals surface area contributed by atoms with Gasteiger partial charge in [0.15, 0.2) is 0 Å². The molecule has 14 heavy (non-hydrogen) atoms. The maximum Gasteiger partial charge on any atom is 0.228 e. The first-order valence-electron chi connectivity index (χ1n) is 5.33. The molecule has 0 bridgehead atoms. The lowest BCUT2D eigenvalue weighted by Gasteiger charge is -2.33. The van der Waals surface area contributed by atoms with E-state index < -0.39 is 0 Å². The summed E-state index contributed by atoms with van der Waals surface area (Å²) < 4.78 is 5.13. The predicted octanol–water partition coefficient (Wildman–Crippen LogP) is -0.157. The number of rotatable bonds is 3. The Morgan fingerprint density at radius 2 is 2.36 bits per heavy atom. The molecule has 80 valence electrons. The molecule has 1 atom stereocenters. The average Bonchev–Trinajstić information content (AvgIpc) is 2.49. The minimum atomic E-state index is 0.229. The van der Waals surface area contributed by atoms with Crippen LogP contribution in [0.5, 0.6) is 0 Å². The number of likely N-dealkylation sites (tertiary alicyclic amines) is 1. The highest BCUT2D eigenvalue weighted by Gasteiger charge is 2.35. The number of nitrogens with zero attached hydrogens (tertiary/aromatic N) is 1. The van der Waals surface area contributed by atoms with Crippen molar-refractivity contribution in [2.24, 2.45) is 5.92 Å². The quantitative estimate of drug-likeness (QED) is 0.685. The van der Waals surface area contributed by atoms with E-state index in [9.17, 15) is 4.79 Å². The van der Waals surface area contributed by atoms with E-state index in [2.05, 4.69) is 5.32 Å². The van der Waals surface area contributed by atoms with Gasteiger partial charge in [-0.3, -0.25) is 4.79 Å². The van der Waals surface area contributed by atoms with Crippen LogP contribution in [0, 0.1) is 5.92 Å². The molecule has 2 saturated heterocycles. The Hall–Kier alpha value is -0.610. The van der Waals surface area contributed by atoms with Crippen molar-refractivity contribution in [3.8, 4) is 0 Å². The number of carbonyl (C=O) groups excluding carboxylic acids is 1. The standard InChI is InChI=1S/C10H18N2O2/c1-14-7-9-3-2-4-12(9)10(13)8-5-11-6-8/h8-9,11H,2-7H2,1H3/t9-/m1/s1. The molecular formula is C10H18N2O2. The normalized spacial score (nSPS) is 27.8. The van der Waals surface area contributed by atoms with Gasteiger partial charge in [-0.1, -0.05) is 0 Å². The molecule has 0 spiro atoms. The molecule has 2 heterocycles. The molecule has 4 heteroatoms. The summed E-state index contributed by atoms with van der Waals surface area (Å²) in [7, 11) is 1.70. The molecule has 2 fully saturated rings. The van der Waals surface area contributed by atoms with Gasteiger partial charge in [0, 0.05) is 26.7 Å². The molecule has 1 N–H and O–H groups in total. The Balaban J connectivity index is 1.90. The zero-order valence-corrected chi connectivity index (χ0v) is 8.66. The molecule has 0 aliphatic carbocycles. The van der Waals surface area contributed by atoms with E-state index in [-0.39, 0.29) is 5.92 Å². The van der Waals surface area contributed by atoms with Gasteiger partial charge in [0.05, 0.1) is 18.6 Å². The molecule has 0 unspecified atom stereocenters. The van der Waals surface area contributed by atoms with Crippen LogP contribution in [0.4, 0.5) is 0 Å². The van der Waals surface area contributed by atoms with Crippen LogP contribution < -0.4 is 5.32 Å². The SMILES string of the molecule is COC[C@H]1CCCN1C(=O)C1CNC1. The van der Waals surface area contributed by atoms with E-state index in [1.54, 1.807) is 7.11 Å². The molecule has 2 aliphatic rings. The minimum absolute atomic E-state index is 0.229. The van der Waals surface area contributed by atoms with Crippen LogP contribution in [-0.2, 0) is 9.53 Å². The average molecular weight is 198 g/mol. The molecule has 2 rings (SSSR count). The van der Waals surface area contributed by atoms with Crippen molar-refractivity contribution in [2.75, 3.05) is 33.4 Å². The highest BCUT2D eigenvalue weighted by atomic mass is 16.5. The van der Waals surface area contributed by atoms with Crippen LogP contribution in [0.25, 0.3) is 0 Å². The second-order valence-electron chi connectivity index (χ2n) is 4.14. The summed E-state index contributed by atoms with van der Waals surface area (Å²) in [6.07, 6.45) is 2.22. The van der Waals surface area contributed by atoms with Crippen LogP contribution >= 0.6 is 0 Å². The number of hydrogen-bond acceptors (Lipinski definition) is 3. The first-order chi connectivity index (χ1) is 6.83. The third-order valence-electron chi connectivity index (χ3n) is 3.15. The molecule has 1 amide bonds. The summed E-state index contributed by atoms with van der Waals surface area (Å²) in [5, 5.41) is 3.13. The van der Waals surface area contributed by atoms with Crippen molar-refractivity contribution in [1.29, 1.82) is 0 Å². The van der Waals surface area contributed by atoms with Gasteiger partial charge >= 0.3 is 0 Å². The minimum Gasteiger partial charge on any atom is -0.383 e. The maximum atomic E-state index is 11.9. The van der Waals surface area contributed by atoms with Gasteiger partial charge in [0.25, 0.3) is 0 Å². The number of carbonyl (C=O) groups is 1. The molecule has 2 aliphatic heterocycles. The Morgan fingerprint density at radius 1 is 1.57 bits per heavy atom. The number of hydrogen-bond donors (Lipinski definition) is 1. The maximum absolute atomic E-state index is 11.9. The van der Waals surface area contributed by atoms with E-state index in [4.69, 9.17) is 4.74 Å². The molecule has 0 radical (unpaired) electrons. The van der Waals surface area contributed by atoms with Crippen molar-refractivity contribution in [3.63, 3.8) is 0 Å². The van der Waals surface area contributed by atoms with Crippen LogP contribution in [0.3, 0.4) is 0 Å². The van der Waals surface area contributed by atoms with Crippen LogP contribution in [0.2, 0.25) is 0 Å². The van der Waals surface area contributed by atoms with Crippen molar-refractivity contribution < 1.29 is 9.53 Å². The van der Waals surface area contributed by atoms with Crippen LogP contribution in [0.1, 0.15) is 12.8 Å². The Labute approximate surface area is 84.6 Å². The third kappa shape index (κ3) is 1.77. The van der Waals surface area contributed by atoms with Crippen molar-refractivity contribution in [2.45, 2.75) is 18.9 Å². The fourth-order valence-electron chi connectivity index (χ4n) is 2.19. The summed E-state index contributed by atoms with van der Waals surface area (Å²) in [6.45, 7) is 3.32. The molecular weight excluding hydrogens is 180 g/mol. The Morgan fingerprint density at radius 3 is 2.93 bits per heavy atom. The lowest BCUT2D eigenvalue weighted by atomic mass is 10.0. The van der Waals surface area contributed by atoms with E-state index in [1.807, 2.05) is 4.90 Å². The fourth-order valence-corrected chi connectivity index (χ4v) is 2.19. The van der Waals surface area contributed by atoms with Gasteiger partial charge in [-0.15, -0.1) is 0 Å².